The smallest absolute Gasteiger partial charge is 0.189 e. The van der Waals surface area contributed by atoms with Gasteiger partial charge in [0.25, 0.3) is 0 Å². The summed E-state index contributed by atoms with van der Waals surface area (Å²) in [5, 5.41) is 18.0. The maximum Gasteiger partial charge on any atom is 0.189 e. The first-order valence-electron chi connectivity index (χ1n) is 6.92. The Morgan fingerprint density at radius 1 is 1.21 bits per heavy atom. The Bertz CT molecular complexity index is 1000. The number of ether oxygens (including phenoxy) is 1. The molecule has 0 spiro atoms. The molecule has 2 aromatic heterocycles. The molecule has 7 nitrogen and oxygen atoms in total. The lowest BCUT2D eigenvalue weighted by Gasteiger charge is -2.06. The third-order valence-electron chi connectivity index (χ3n) is 3.43. The molecule has 0 aliphatic heterocycles. The molecule has 0 aliphatic carbocycles. The van der Waals surface area contributed by atoms with Crippen LogP contribution in [0.4, 0.5) is 4.39 Å². The third-order valence-corrected chi connectivity index (χ3v) is 3.79. The SMILES string of the molecule is Fc1ccccc1-c1noc2c(Cl)c(OCc3nnn[nH]3)ccc12. The number of hydrogen-bond acceptors (Lipinski definition) is 6. The zero-order chi connectivity index (χ0) is 16.5. The molecular formula is C15H9ClFN5O2. The molecule has 0 fully saturated rings. The molecule has 4 aromatic rings. The molecule has 0 saturated heterocycles. The van der Waals surface area contributed by atoms with Gasteiger partial charge in [-0.05, 0) is 34.7 Å². The van der Waals surface area contributed by atoms with Gasteiger partial charge in [-0.15, -0.1) is 5.10 Å². The maximum atomic E-state index is 14.0. The van der Waals surface area contributed by atoms with Gasteiger partial charge in [-0.2, -0.15) is 0 Å². The van der Waals surface area contributed by atoms with Gasteiger partial charge in [0.2, 0.25) is 0 Å². The van der Waals surface area contributed by atoms with Gasteiger partial charge >= 0.3 is 0 Å². The van der Waals surface area contributed by atoms with Gasteiger partial charge in [-0.3, -0.25) is 0 Å². The van der Waals surface area contributed by atoms with Crippen LogP contribution in [0.1, 0.15) is 5.82 Å². The summed E-state index contributed by atoms with van der Waals surface area (Å²) in [5.74, 6) is 0.453. The van der Waals surface area contributed by atoms with E-state index >= 15 is 0 Å². The zero-order valence-electron chi connectivity index (χ0n) is 12.0. The van der Waals surface area contributed by atoms with Crippen LogP contribution in [0.5, 0.6) is 5.75 Å². The summed E-state index contributed by atoms with van der Waals surface area (Å²) < 4.78 is 24.8. The minimum atomic E-state index is -0.387. The molecule has 120 valence electrons. The van der Waals surface area contributed by atoms with Crippen LogP contribution in [-0.2, 0) is 6.61 Å². The molecule has 0 amide bonds. The fraction of sp³-hybridized carbons (Fsp3) is 0.0667. The van der Waals surface area contributed by atoms with Crippen LogP contribution >= 0.6 is 11.6 Å². The summed E-state index contributed by atoms with van der Waals surface area (Å²) in [6.45, 7) is 0.118. The van der Waals surface area contributed by atoms with Crippen LogP contribution in [0.2, 0.25) is 5.02 Å². The number of nitrogens with one attached hydrogen (secondary N) is 1. The summed E-state index contributed by atoms with van der Waals surface area (Å²) >= 11 is 6.31. The van der Waals surface area contributed by atoms with E-state index < -0.39 is 0 Å². The zero-order valence-corrected chi connectivity index (χ0v) is 12.8. The van der Waals surface area contributed by atoms with E-state index in [9.17, 15) is 4.39 Å². The Labute approximate surface area is 139 Å². The molecular weight excluding hydrogens is 337 g/mol. The highest BCUT2D eigenvalue weighted by Gasteiger charge is 2.18. The average Bonchev–Trinajstić information content (AvgIpc) is 3.24. The Balaban J connectivity index is 1.72. The predicted octanol–water partition coefficient (Wildman–Crippen LogP) is 3.38. The second-order valence-electron chi connectivity index (χ2n) is 4.90. The highest BCUT2D eigenvalue weighted by molar-refractivity contribution is 6.36. The van der Waals surface area contributed by atoms with Crippen molar-refractivity contribution in [1.29, 1.82) is 0 Å². The van der Waals surface area contributed by atoms with E-state index in [2.05, 4.69) is 25.8 Å². The van der Waals surface area contributed by atoms with Crippen molar-refractivity contribution in [3.63, 3.8) is 0 Å². The normalized spacial score (nSPS) is 11.1. The highest BCUT2D eigenvalue weighted by atomic mass is 35.5. The first kappa shape index (κ1) is 14.6. The van der Waals surface area contributed by atoms with Crippen molar-refractivity contribution in [1.82, 2.24) is 25.8 Å². The van der Waals surface area contributed by atoms with Crippen molar-refractivity contribution in [3.05, 3.63) is 53.1 Å². The summed E-state index contributed by atoms with van der Waals surface area (Å²) in [4.78, 5) is 0. The minimum absolute atomic E-state index is 0.118. The number of nitrogens with zero attached hydrogens (tertiary/aromatic N) is 4. The molecule has 0 atom stereocenters. The van der Waals surface area contributed by atoms with E-state index in [1.807, 2.05) is 0 Å². The van der Waals surface area contributed by atoms with Crippen LogP contribution in [0.3, 0.4) is 0 Å². The van der Waals surface area contributed by atoms with Crippen LogP contribution < -0.4 is 4.74 Å². The van der Waals surface area contributed by atoms with Crippen molar-refractivity contribution in [2.45, 2.75) is 6.61 Å². The van der Waals surface area contributed by atoms with Crippen LogP contribution in [0.25, 0.3) is 22.2 Å². The Morgan fingerprint density at radius 2 is 2.08 bits per heavy atom. The number of aromatic amines is 1. The fourth-order valence-electron chi connectivity index (χ4n) is 2.30. The van der Waals surface area contributed by atoms with Crippen LogP contribution in [0.15, 0.2) is 40.9 Å². The fourth-order valence-corrected chi connectivity index (χ4v) is 2.55. The van der Waals surface area contributed by atoms with Crippen molar-refractivity contribution < 1.29 is 13.7 Å². The van der Waals surface area contributed by atoms with E-state index in [4.69, 9.17) is 20.9 Å². The summed E-state index contributed by atoms with van der Waals surface area (Å²) in [6, 6.07) is 9.70. The second-order valence-corrected chi connectivity index (χ2v) is 5.28. The average molecular weight is 346 g/mol. The Morgan fingerprint density at radius 3 is 2.88 bits per heavy atom. The van der Waals surface area contributed by atoms with E-state index in [0.29, 0.717) is 33.8 Å². The molecule has 0 bridgehead atoms. The van der Waals surface area contributed by atoms with Gasteiger partial charge in [-0.1, -0.05) is 28.9 Å². The first-order chi connectivity index (χ1) is 11.7. The number of tetrazole rings is 1. The van der Waals surface area contributed by atoms with Gasteiger partial charge in [0.1, 0.15) is 28.9 Å². The Kier molecular flexibility index (Phi) is 3.58. The van der Waals surface area contributed by atoms with Gasteiger partial charge in [0.15, 0.2) is 11.4 Å². The van der Waals surface area contributed by atoms with Crippen molar-refractivity contribution in [3.8, 4) is 17.0 Å². The van der Waals surface area contributed by atoms with Gasteiger partial charge in [0.05, 0.1) is 5.39 Å². The lowest BCUT2D eigenvalue weighted by atomic mass is 10.1. The van der Waals surface area contributed by atoms with Crippen molar-refractivity contribution in [2.24, 2.45) is 0 Å². The van der Waals surface area contributed by atoms with E-state index in [1.54, 1.807) is 30.3 Å². The molecule has 2 aromatic carbocycles. The molecule has 4 rings (SSSR count). The molecule has 9 heteroatoms. The Hall–Kier alpha value is -3.00. The standard InChI is InChI=1S/C15H9ClFN5O2/c16-13-11(23-7-12-18-21-22-19-12)6-5-9-14(20-24-15(9)13)8-3-1-2-4-10(8)17/h1-6H,7H2,(H,18,19,21,22). The lowest BCUT2D eigenvalue weighted by molar-refractivity contribution is 0.296. The lowest BCUT2D eigenvalue weighted by Crippen LogP contribution is -1.98. The largest absolute Gasteiger partial charge is 0.484 e. The number of rotatable bonds is 4. The molecule has 0 saturated carbocycles. The molecule has 0 aliphatic rings. The molecule has 2 heterocycles. The number of hydrogen-bond donors (Lipinski definition) is 1. The maximum absolute atomic E-state index is 14.0. The highest BCUT2D eigenvalue weighted by Crippen LogP contribution is 2.38. The first-order valence-corrected chi connectivity index (χ1v) is 7.30. The molecule has 0 radical (unpaired) electrons. The monoisotopic (exact) mass is 345 g/mol. The van der Waals surface area contributed by atoms with Gasteiger partial charge in [0, 0.05) is 5.56 Å². The third kappa shape index (κ3) is 2.46. The second kappa shape index (κ2) is 5.89. The number of aromatic nitrogens is 5. The van der Waals surface area contributed by atoms with Crippen LogP contribution in [-0.4, -0.2) is 25.8 Å². The van der Waals surface area contributed by atoms with Crippen LogP contribution in [0, 0.1) is 5.82 Å². The number of benzene rings is 2. The number of H-pyrrole nitrogens is 1. The number of fused-ring (bicyclic) bond motifs is 1. The minimum Gasteiger partial charge on any atom is -0.484 e. The van der Waals surface area contributed by atoms with E-state index in [0.717, 1.165) is 0 Å². The number of halogens is 2. The van der Waals surface area contributed by atoms with Gasteiger partial charge < -0.3 is 9.26 Å². The predicted molar refractivity (Wildman–Crippen MR) is 82.9 cm³/mol. The summed E-state index contributed by atoms with van der Waals surface area (Å²) in [7, 11) is 0. The van der Waals surface area contributed by atoms with Crippen molar-refractivity contribution in [2.75, 3.05) is 0 Å². The van der Waals surface area contributed by atoms with Crippen molar-refractivity contribution >= 4 is 22.6 Å². The van der Waals surface area contributed by atoms with Gasteiger partial charge in [-0.25, -0.2) is 9.49 Å². The molecule has 0 unspecified atom stereocenters. The summed E-state index contributed by atoms with van der Waals surface area (Å²) in [6.07, 6.45) is 0. The summed E-state index contributed by atoms with van der Waals surface area (Å²) in [5.41, 5.74) is 1.05. The molecule has 24 heavy (non-hydrogen) atoms. The van der Waals surface area contributed by atoms with E-state index in [1.165, 1.54) is 6.07 Å². The molecule has 1 N–H and O–H groups in total. The quantitative estimate of drug-likeness (QED) is 0.610. The van der Waals surface area contributed by atoms with E-state index in [-0.39, 0.29) is 17.4 Å². The topological polar surface area (TPSA) is 89.7 Å².